The lowest BCUT2D eigenvalue weighted by Crippen LogP contribution is -2.14. The Morgan fingerprint density at radius 1 is 1.09 bits per heavy atom. The van der Waals surface area contributed by atoms with E-state index in [2.05, 4.69) is 35.0 Å². The van der Waals surface area contributed by atoms with Crippen LogP contribution in [0.1, 0.15) is 22.3 Å². The molecule has 0 bridgehead atoms. The highest BCUT2D eigenvalue weighted by Gasteiger charge is 2.14. The molecule has 1 N–H and O–H groups in total. The van der Waals surface area contributed by atoms with Gasteiger partial charge in [-0.15, -0.1) is 0 Å². The summed E-state index contributed by atoms with van der Waals surface area (Å²) < 4.78 is 2.14. The molecule has 0 aliphatic heterocycles. The zero-order chi connectivity index (χ0) is 22.7. The highest BCUT2D eigenvalue weighted by molar-refractivity contribution is 6.31. The summed E-state index contributed by atoms with van der Waals surface area (Å²) in [5.41, 5.74) is 5.75. The average molecular weight is 440 g/mol. The van der Waals surface area contributed by atoms with E-state index in [1.165, 1.54) is 11.1 Å². The van der Waals surface area contributed by atoms with Crippen LogP contribution in [0, 0.1) is 25.2 Å². The number of para-hydroxylation sites is 1. The first-order valence-corrected chi connectivity index (χ1v) is 10.6. The van der Waals surface area contributed by atoms with Crippen molar-refractivity contribution in [2.45, 2.75) is 20.4 Å². The largest absolute Gasteiger partial charge is 0.342 e. The fraction of sp³-hybridized carbons (Fsp3) is 0.111. The van der Waals surface area contributed by atoms with Crippen molar-refractivity contribution in [3.8, 4) is 6.07 Å². The number of amides is 1. The molecule has 0 spiro atoms. The van der Waals surface area contributed by atoms with Crippen LogP contribution in [-0.4, -0.2) is 10.5 Å². The van der Waals surface area contributed by atoms with E-state index < -0.39 is 5.91 Å². The van der Waals surface area contributed by atoms with Crippen LogP contribution in [0.4, 0.5) is 5.69 Å². The second-order valence-corrected chi connectivity index (χ2v) is 8.24. The Bertz CT molecular complexity index is 1390. The van der Waals surface area contributed by atoms with Crippen LogP contribution in [0.15, 0.2) is 78.5 Å². The molecule has 1 heterocycles. The minimum atomic E-state index is -0.464. The van der Waals surface area contributed by atoms with Gasteiger partial charge in [-0.3, -0.25) is 4.79 Å². The van der Waals surface area contributed by atoms with Crippen molar-refractivity contribution < 1.29 is 4.79 Å². The number of hydrogen-bond donors (Lipinski definition) is 1. The number of carbonyl (C=O) groups is 1. The van der Waals surface area contributed by atoms with E-state index in [1.54, 1.807) is 18.2 Å². The van der Waals surface area contributed by atoms with Gasteiger partial charge >= 0.3 is 0 Å². The zero-order valence-electron chi connectivity index (χ0n) is 17.9. The van der Waals surface area contributed by atoms with Crippen LogP contribution in [0.3, 0.4) is 0 Å². The van der Waals surface area contributed by atoms with Gasteiger partial charge in [-0.25, -0.2) is 0 Å². The number of fused-ring (bicyclic) bond motifs is 1. The molecule has 0 saturated carbocycles. The molecule has 3 aromatic carbocycles. The van der Waals surface area contributed by atoms with Gasteiger partial charge in [-0.2, -0.15) is 5.26 Å². The lowest BCUT2D eigenvalue weighted by atomic mass is 10.1. The number of hydrogen-bond acceptors (Lipinski definition) is 2. The maximum Gasteiger partial charge on any atom is 0.266 e. The summed E-state index contributed by atoms with van der Waals surface area (Å²) >= 11 is 6.05. The van der Waals surface area contributed by atoms with Crippen LogP contribution in [0.2, 0.25) is 5.02 Å². The molecule has 1 aromatic heterocycles. The topological polar surface area (TPSA) is 57.8 Å². The van der Waals surface area contributed by atoms with Crippen LogP contribution in [-0.2, 0) is 11.3 Å². The molecule has 0 unspecified atom stereocenters. The molecule has 1 amide bonds. The van der Waals surface area contributed by atoms with Crippen molar-refractivity contribution in [2.75, 3.05) is 5.32 Å². The van der Waals surface area contributed by atoms with Crippen LogP contribution >= 0.6 is 11.6 Å². The van der Waals surface area contributed by atoms with E-state index in [0.29, 0.717) is 17.3 Å². The predicted molar refractivity (Wildman–Crippen MR) is 131 cm³/mol. The number of carbonyl (C=O) groups excluding carboxylic acids is 1. The third-order valence-electron chi connectivity index (χ3n) is 5.37. The molecule has 0 radical (unpaired) electrons. The molecule has 0 atom stereocenters. The van der Waals surface area contributed by atoms with E-state index in [9.17, 15) is 10.1 Å². The average Bonchev–Trinajstić information content (AvgIpc) is 3.12. The first-order chi connectivity index (χ1) is 15.4. The summed E-state index contributed by atoms with van der Waals surface area (Å²) in [6, 6.07) is 23.7. The third-order valence-corrected chi connectivity index (χ3v) is 5.60. The van der Waals surface area contributed by atoms with E-state index in [-0.39, 0.29) is 5.57 Å². The molecule has 0 fully saturated rings. The van der Waals surface area contributed by atoms with Gasteiger partial charge in [0.2, 0.25) is 0 Å². The Morgan fingerprint density at radius 2 is 1.91 bits per heavy atom. The fourth-order valence-corrected chi connectivity index (χ4v) is 3.92. The summed E-state index contributed by atoms with van der Waals surface area (Å²) in [7, 11) is 0. The molecule has 0 aliphatic carbocycles. The Morgan fingerprint density at radius 3 is 2.69 bits per heavy atom. The van der Waals surface area contributed by atoms with Gasteiger partial charge in [0.05, 0.1) is 0 Å². The second kappa shape index (κ2) is 9.13. The number of rotatable bonds is 5. The highest BCUT2D eigenvalue weighted by atomic mass is 35.5. The van der Waals surface area contributed by atoms with Crippen LogP contribution < -0.4 is 5.32 Å². The van der Waals surface area contributed by atoms with Crippen LogP contribution in [0.5, 0.6) is 0 Å². The number of nitrogens with zero attached hydrogens (tertiary/aromatic N) is 2. The Kier molecular flexibility index (Phi) is 6.11. The molecule has 32 heavy (non-hydrogen) atoms. The number of nitriles is 1. The van der Waals surface area contributed by atoms with Crippen molar-refractivity contribution in [2.24, 2.45) is 0 Å². The van der Waals surface area contributed by atoms with Crippen molar-refractivity contribution >= 4 is 40.2 Å². The second-order valence-electron chi connectivity index (χ2n) is 7.80. The number of nitrogens with one attached hydrogen (secondary N) is 1. The third kappa shape index (κ3) is 4.59. The molecule has 4 nitrogen and oxygen atoms in total. The van der Waals surface area contributed by atoms with Crippen molar-refractivity contribution in [3.63, 3.8) is 0 Å². The zero-order valence-corrected chi connectivity index (χ0v) is 18.6. The normalized spacial score (nSPS) is 11.4. The fourth-order valence-electron chi connectivity index (χ4n) is 3.75. The maximum atomic E-state index is 12.8. The Balaban J connectivity index is 1.69. The molecular weight excluding hydrogens is 418 g/mol. The molecule has 4 rings (SSSR count). The minimum absolute atomic E-state index is 0.0304. The van der Waals surface area contributed by atoms with Crippen molar-refractivity contribution in [1.82, 2.24) is 4.57 Å². The molecule has 0 saturated heterocycles. The molecule has 0 aliphatic rings. The maximum absolute atomic E-state index is 12.8. The first-order valence-electron chi connectivity index (χ1n) is 10.3. The Labute approximate surface area is 192 Å². The first kappa shape index (κ1) is 21.4. The smallest absolute Gasteiger partial charge is 0.266 e. The number of anilines is 1. The quantitative estimate of drug-likeness (QED) is 0.285. The van der Waals surface area contributed by atoms with Gasteiger partial charge in [-0.05, 0) is 49.2 Å². The summed E-state index contributed by atoms with van der Waals surface area (Å²) in [5.74, 6) is -0.464. The minimum Gasteiger partial charge on any atom is -0.342 e. The van der Waals surface area contributed by atoms with Gasteiger partial charge in [-0.1, -0.05) is 65.7 Å². The highest BCUT2D eigenvalue weighted by Crippen LogP contribution is 2.26. The van der Waals surface area contributed by atoms with E-state index in [0.717, 1.165) is 22.0 Å². The van der Waals surface area contributed by atoms with Gasteiger partial charge in [0.25, 0.3) is 5.91 Å². The molecule has 158 valence electrons. The monoisotopic (exact) mass is 439 g/mol. The number of aromatic nitrogens is 1. The van der Waals surface area contributed by atoms with Crippen molar-refractivity contribution in [1.29, 1.82) is 5.26 Å². The number of aryl methyl sites for hydroxylation is 2. The molecular formula is C27H22ClN3O. The summed E-state index contributed by atoms with van der Waals surface area (Å²) in [4.78, 5) is 12.8. The van der Waals surface area contributed by atoms with Gasteiger partial charge in [0.15, 0.2) is 0 Å². The van der Waals surface area contributed by atoms with Crippen LogP contribution in [0.25, 0.3) is 17.0 Å². The SMILES string of the molecule is Cc1cccc(Cn2cc(/C=C(\C#N)C(=O)Nc3cc(Cl)ccc3C)c3ccccc32)c1. The lowest BCUT2D eigenvalue weighted by molar-refractivity contribution is -0.112. The molecule has 4 aromatic rings. The lowest BCUT2D eigenvalue weighted by Gasteiger charge is -2.08. The van der Waals surface area contributed by atoms with E-state index in [4.69, 9.17) is 11.6 Å². The number of halogens is 1. The van der Waals surface area contributed by atoms with E-state index >= 15 is 0 Å². The number of benzene rings is 3. The molecule has 5 heteroatoms. The summed E-state index contributed by atoms with van der Waals surface area (Å²) in [6.45, 7) is 4.65. The van der Waals surface area contributed by atoms with Gasteiger partial charge in [0, 0.05) is 39.9 Å². The summed E-state index contributed by atoms with van der Waals surface area (Å²) in [6.07, 6.45) is 3.63. The van der Waals surface area contributed by atoms with Gasteiger partial charge in [0.1, 0.15) is 11.6 Å². The predicted octanol–water partition coefficient (Wildman–Crippen LogP) is 6.51. The standard InChI is InChI=1S/C27H22ClN3O/c1-18-6-5-7-20(12-18)16-31-17-22(24-8-3-4-9-26(24)31)13-21(15-29)27(32)30-25-14-23(28)11-10-19(25)2/h3-14,17H,16H2,1-2H3,(H,30,32)/b21-13+. The van der Waals surface area contributed by atoms with E-state index in [1.807, 2.05) is 55.6 Å². The van der Waals surface area contributed by atoms with Gasteiger partial charge < -0.3 is 9.88 Å². The Hall–Kier alpha value is -3.81. The summed E-state index contributed by atoms with van der Waals surface area (Å²) in [5, 5.41) is 14.0. The van der Waals surface area contributed by atoms with Crippen molar-refractivity contribution in [3.05, 3.63) is 106 Å².